The minimum absolute atomic E-state index is 0.330. The Labute approximate surface area is 147 Å². The van der Waals surface area contributed by atoms with Gasteiger partial charge in [-0.1, -0.05) is 0 Å². The molecule has 0 N–H and O–H groups in total. The van der Waals surface area contributed by atoms with E-state index in [9.17, 15) is 4.79 Å². The molecule has 0 amide bonds. The minimum Gasteiger partial charge on any atom is -0.462 e. The van der Waals surface area contributed by atoms with Gasteiger partial charge in [-0.15, -0.1) is 0 Å². The van der Waals surface area contributed by atoms with E-state index in [1.54, 1.807) is 18.0 Å². The Morgan fingerprint density at radius 3 is 2.96 bits per heavy atom. The Bertz CT molecular complexity index is 769. The molecule has 0 bridgehead atoms. The number of hydrogen-bond acceptors (Lipinski definition) is 6. The van der Waals surface area contributed by atoms with Gasteiger partial charge >= 0.3 is 5.97 Å². The van der Waals surface area contributed by atoms with E-state index >= 15 is 0 Å². The monoisotopic (exact) mass is 346 g/mol. The van der Waals surface area contributed by atoms with E-state index in [1.807, 2.05) is 20.9 Å². The van der Waals surface area contributed by atoms with Crippen molar-refractivity contribution in [3.05, 3.63) is 17.5 Å². The summed E-state index contributed by atoms with van der Waals surface area (Å²) in [5.41, 5.74) is 3.08. The molecule has 2 aromatic rings. The second-order valence-corrected chi connectivity index (χ2v) is 6.56. The molecule has 25 heavy (non-hydrogen) atoms. The van der Waals surface area contributed by atoms with Gasteiger partial charge in [0.2, 0.25) is 0 Å². The van der Waals surface area contributed by atoms with Crippen molar-refractivity contribution in [1.29, 1.82) is 0 Å². The van der Waals surface area contributed by atoms with Gasteiger partial charge < -0.3 is 14.4 Å². The number of carbonyl (C=O) groups is 1. The highest BCUT2D eigenvalue weighted by atomic mass is 16.5. The van der Waals surface area contributed by atoms with Crippen molar-refractivity contribution in [3.63, 3.8) is 0 Å². The Morgan fingerprint density at radius 1 is 1.44 bits per heavy atom. The number of hydrogen-bond donors (Lipinski definition) is 0. The van der Waals surface area contributed by atoms with Crippen molar-refractivity contribution >= 4 is 22.7 Å². The summed E-state index contributed by atoms with van der Waals surface area (Å²) in [7, 11) is 3.61. The molecule has 2 aromatic heterocycles. The van der Waals surface area contributed by atoms with Crippen LogP contribution in [0.1, 0.15) is 35.8 Å². The van der Waals surface area contributed by atoms with Crippen LogP contribution in [0, 0.1) is 12.8 Å². The first-order chi connectivity index (χ1) is 12.1. The number of ether oxygens (including phenoxy) is 2. The molecule has 136 valence electrons. The number of rotatable bonds is 5. The molecule has 0 aliphatic carbocycles. The van der Waals surface area contributed by atoms with Crippen molar-refractivity contribution in [1.82, 2.24) is 14.8 Å². The average molecular weight is 346 g/mol. The fraction of sp³-hybridized carbons (Fsp3) is 0.611. The van der Waals surface area contributed by atoms with Gasteiger partial charge in [0.1, 0.15) is 5.56 Å². The van der Waals surface area contributed by atoms with E-state index in [2.05, 4.69) is 15.0 Å². The van der Waals surface area contributed by atoms with Crippen LogP contribution in [-0.4, -0.2) is 54.1 Å². The van der Waals surface area contributed by atoms with Crippen LogP contribution in [0.5, 0.6) is 0 Å². The van der Waals surface area contributed by atoms with Crippen molar-refractivity contribution in [2.24, 2.45) is 13.0 Å². The molecule has 3 heterocycles. The second kappa shape index (κ2) is 7.39. The van der Waals surface area contributed by atoms with Gasteiger partial charge in [-0.05, 0) is 32.6 Å². The van der Waals surface area contributed by atoms with E-state index in [-0.39, 0.29) is 5.97 Å². The Morgan fingerprint density at radius 2 is 2.24 bits per heavy atom. The third kappa shape index (κ3) is 3.33. The zero-order valence-electron chi connectivity index (χ0n) is 15.4. The first kappa shape index (κ1) is 17.7. The van der Waals surface area contributed by atoms with Crippen LogP contribution in [0.25, 0.3) is 11.0 Å². The number of aromatic nitrogens is 3. The molecular weight excluding hydrogens is 320 g/mol. The lowest BCUT2D eigenvalue weighted by atomic mass is 9.97. The number of aryl methyl sites for hydroxylation is 2. The number of carbonyl (C=O) groups excluding carboxylic acids is 1. The maximum atomic E-state index is 12.5. The third-order valence-electron chi connectivity index (χ3n) is 4.73. The van der Waals surface area contributed by atoms with Crippen LogP contribution in [0.15, 0.2) is 6.20 Å². The van der Waals surface area contributed by atoms with E-state index in [0.29, 0.717) is 18.1 Å². The number of esters is 1. The van der Waals surface area contributed by atoms with Crippen molar-refractivity contribution in [3.8, 4) is 0 Å². The molecule has 1 aliphatic rings. The molecule has 0 spiro atoms. The lowest BCUT2D eigenvalue weighted by Gasteiger charge is -2.35. The normalized spacial score (nSPS) is 17.9. The lowest BCUT2D eigenvalue weighted by Crippen LogP contribution is -2.38. The molecule has 1 unspecified atom stereocenters. The van der Waals surface area contributed by atoms with E-state index in [4.69, 9.17) is 9.47 Å². The number of pyridine rings is 1. The van der Waals surface area contributed by atoms with Gasteiger partial charge in [-0.2, -0.15) is 5.10 Å². The highest BCUT2D eigenvalue weighted by Gasteiger charge is 2.28. The number of fused-ring (bicyclic) bond motifs is 1. The zero-order chi connectivity index (χ0) is 18.0. The summed E-state index contributed by atoms with van der Waals surface area (Å²) in [5, 5.41) is 5.43. The lowest BCUT2D eigenvalue weighted by molar-refractivity contribution is 0.0526. The van der Waals surface area contributed by atoms with Gasteiger partial charge in [0.15, 0.2) is 5.65 Å². The van der Waals surface area contributed by atoms with Gasteiger partial charge in [0.25, 0.3) is 0 Å². The molecule has 1 aliphatic heterocycles. The van der Waals surface area contributed by atoms with E-state index in [0.717, 1.165) is 55.0 Å². The number of piperidine rings is 1. The second-order valence-electron chi connectivity index (χ2n) is 6.56. The van der Waals surface area contributed by atoms with Crippen molar-refractivity contribution in [2.75, 3.05) is 38.3 Å². The number of methoxy groups -OCH3 is 1. The topological polar surface area (TPSA) is 69.5 Å². The van der Waals surface area contributed by atoms with Crippen LogP contribution >= 0.6 is 0 Å². The maximum absolute atomic E-state index is 12.5. The summed E-state index contributed by atoms with van der Waals surface area (Å²) in [4.78, 5) is 19.3. The first-order valence-electron chi connectivity index (χ1n) is 8.80. The van der Waals surface area contributed by atoms with E-state index < -0.39 is 0 Å². The summed E-state index contributed by atoms with van der Waals surface area (Å²) in [6, 6.07) is 0. The van der Waals surface area contributed by atoms with Gasteiger partial charge in [-0.25, -0.2) is 9.78 Å². The average Bonchev–Trinajstić information content (AvgIpc) is 2.89. The van der Waals surface area contributed by atoms with Crippen LogP contribution in [-0.2, 0) is 16.5 Å². The molecule has 0 radical (unpaired) electrons. The van der Waals surface area contributed by atoms with Crippen molar-refractivity contribution in [2.45, 2.75) is 26.7 Å². The summed E-state index contributed by atoms with van der Waals surface area (Å²) in [5.74, 6) is 0.123. The predicted octanol–water partition coefficient (Wildman–Crippen LogP) is 2.32. The maximum Gasteiger partial charge on any atom is 0.341 e. The SMILES string of the molecule is CCOC(=O)c1cnc2c(c(C)nn2C)c1N1CCCC(COC)C1. The standard InChI is InChI=1S/C18H26N4O3/c1-5-25-18(23)14-9-19-17-15(12(2)20-21(17)3)16(14)22-8-6-7-13(10-22)11-24-4/h9,13H,5-8,10-11H2,1-4H3. The highest BCUT2D eigenvalue weighted by Crippen LogP contribution is 2.35. The minimum atomic E-state index is -0.330. The molecule has 0 aromatic carbocycles. The van der Waals surface area contributed by atoms with Crippen LogP contribution in [0.3, 0.4) is 0 Å². The van der Waals surface area contributed by atoms with Crippen LogP contribution in [0.4, 0.5) is 5.69 Å². The Balaban J connectivity index is 2.12. The smallest absolute Gasteiger partial charge is 0.341 e. The molecule has 1 saturated heterocycles. The highest BCUT2D eigenvalue weighted by molar-refractivity contribution is 6.05. The fourth-order valence-corrected chi connectivity index (χ4v) is 3.72. The van der Waals surface area contributed by atoms with Crippen molar-refractivity contribution < 1.29 is 14.3 Å². The summed E-state index contributed by atoms with van der Waals surface area (Å²) in [6.45, 7) is 6.60. The van der Waals surface area contributed by atoms with Crippen LogP contribution < -0.4 is 4.90 Å². The molecule has 3 rings (SSSR count). The first-order valence-corrected chi connectivity index (χ1v) is 8.80. The number of anilines is 1. The van der Waals surface area contributed by atoms with Gasteiger partial charge in [-0.3, -0.25) is 4.68 Å². The molecule has 7 heteroatoms. The van der Waals surface area contributed by atoms with Crippen LogP contribution in [0.2, 0.25) is 0 Å². The largest absolute Gasteiger partial charge is 0.462 e. The molecule has 0 saturated carbocycles. The number of nitrogens with zero attached hydrogens (tertiary/aromatic N) is 4. The molecule has 7 nitrogen and oxygen atoms in total. The predicted molar refractivity (Wildman–Crippen MR) is 96.0 cm³/mol. The quantitative estimate of drug-likeness (QED) is 0.774. The van der Waals surface area contributed by atoms with E-state index in [1.165, 1.54) is 0 Å². The molecule has 1 fully saturated rings. The summed E-state index contributed by atoms with van der Waals surface area (Å²) < 4.78 is 12.4. The summed E-state index contributed by atoms with van der Waals surface area (Å²) >= 11 is 0. The van der Waals surface area contributed by atoms with Gasteiger partial charge in [0, 0.05) is 33.4 Å². The summed E-state index contributed by atoms with van der Waals surface area (Å²) in [6.07, 6.45) is 3.83. The zero-order valence-corrected chi connectivity index (χ0v) is 15.4. The third-order valence-corrected chi connectivity index (χ3v) is 4.73. The molecule has 1 atom stereocenters. The fourth-order valence-electron chi connectivity index (χ4n) is 3.72. The Kier molecular flexibility index (Phi) is 5.22. The Hall–Kier alpha value is -2.15. The molecular formula is C18H26N4O3. The van der Waals surface area contributed by atoms with Gasteiger partial charge in [0.05, 0.1) is 30.0 Å².